The Morgan fingerprint density at radius 2 is 1.83 bits per heavy atom. The minimum atomic E-state index is -0.577. The van der Waals surface area contributed by atoms with Gasteiger partial charge in [0, 0.05) is 24.2 Å². The molecule has 0 bridgehead atoms. The first kappa shape index (κ1) is 16.5. The topological polar surface area (TPSA) is 81.5 Å². The quantitative estimate of drug-likeness (QED) is 0.614. The fourth-order valence-corrected chi connectivity index (χ4v) is 3.03. The van der Waals surface area contributed by atoms with Crippen LogP contribution < -0.4 is 10.1 Å². The summed E-state index contributed by atoms with van der Waals surface area (Å²) in [5, 5.41) is 13.7. The number of halogens is 2. The van der Waals surface area contributed by atoms with E-state index >= 15 is 0 Å². The van der Waals surface area contributed by atoms with Crippen molar-refractivity contribution in [2.75, 3.05) is 5.32 Å². The molecule has 0 unspecified atom stereocenters. The molecule has 3 rings (SSSR count). The molecule has 2 aromatic carbocycles. The van der Waals surface area contributed by atoms with Crippen molar-refractivity contribution in [1.82, 2.24) is 0 Å². The SMILES string of the molecule is O=C1CCCc2cc(Oc3c(Cl)cc([N+](=O)[O-])cc3Cl)ccc2N1. The Balaban J connectivity index is 1.91. The molecule has 6 nitrogen and oxygen atoms in total. The van der Waals surface area contributed by atoms with Crippen LogP contribution >= 0.6 is 23.2 Å². The minimum Gasteiger partial charge on any atom is -0.454 e. The number of aryl methyl sites for hydroxylation is 1. The number of carbonyl (C=O) groups excluding carboxylic acids is 1. The summed E-state index contributed by atoms with van der Waals surface area (Å²) in [4.78, 5) is 21.8. The second-order valence-electron chi connectivity index (χ2n) is 5.32. The van der Waals surface area contributed by atoms with Crippen molar-refractivity contribution in [3.05, 3.63) is 56.1 Å². The van der Waals surface area contributed by atoms with Gasteiger partial charge in [-0.25, -0.2) is 0 Å². The van der Waals surface area contributed by atoms with Crippen molar-refractivity contribution in [2.24, 2.45) is 0 Å². The van der Waals surface area contributed by atoms with Gasteiger partial charge in [-0.3, -0.25) is 14.9 Å². The number of nitro benzene ring substituents is 1. The van der Waals surface area contributed by atoms with E-state index in [1.165, 1.54) is 12.1 Å². The molecule has 24 heavy (non-hydrogen) atoms. The molecule has 2 aromatic rings. The predicted molar refractivity (Wildman–Crippen MR) is 91.2 cm³/mol. The van der Waals surface area contributed by atoms with Crippen molar-refractivity contribution in [3.63, 3.8) is 0 Å². The number of rotatable bonds is 3. The number of fused-ring (bicyclic) bond motifs is 1. The summed E-state index contributed by atoms with van der Waals surface area (Å²) in [6.45, 7) is 0. The standard InChI is InChI=1S/C16H12Cl2N2O4/c17-12-7-10(20(22)23)8-13(18)16(12)24-11-4-5-14-9(6-11)2-1-3-15(21)19-14/h4-8H,1-3H2,(H,19,21). The maximum atomic E-state index is 11.6. The van der Waals surface area contributed by atoms with Crippen LogP contribution in [-0.2, 0) is 11.2 Å². The van der Waals surface area contributed by atoms with Crippen molar-refractivity contribution >= 4 is 40.5 Å². The van der Waals surface area contributed by atoms with Crippen LogP contribution in [0.25, 0.3) is 0 Å². The number of nitrogens with one attached hydrogen (secondary N) is 1. The smallest absolute Gasteiger partial charge is 0.272 e. The van der Waals surface area contributed by atoms with Crippen LogP contribution in [0.15, 0.2) is 30.3 Å². The van der Waals surface area contributed by atoms with Crippen LogP contribution in [0.4, 0.5) is 11.4 Å². The number of nitrogens with zero attached hydrogens (tertiary/aromatic N) is 1. The third-order valence-corrected chi connectivity index (χ3v) is 4.18. The van der Waals surface area contributed by atoms with Crippen LogP contribution in [0, 0.1) is 10.1 Å². The van der Waals surface area contributed by atoms with Gasteiger partial charge in [0.15, 0.2) is 5.75 Å². The van der Waals surface area contributed by atoms with E-state index in [-0.39, 0.29) is 27.4 Å². The Hall–Kier alpha value is -2.31. The van der Waals surface area contributed by atoms with Gasteiger partial charge >= 0.3 is 0 Å². The molecular formula is C16H12Cl2N2O4. The van der Waals surface area contributed by atoms with E-state index in [1.807, 2.05) is 0 Å². The van der Waals surface area contributed by atoms with E-state index in [2.05, 4.69) is 5.32 Å². The lowest BCUT2D eigenvalue weighted by Gasteiger charge is -2.12. The van der Waals surface area contributed by atoms with E-state index in [9.17, 15) is 14.9 Å². The third kappa shape index (κ3) is 3.44. The molecule has 8 heteroatoms. The zero-order valence-corrected chi connectivity index (χ0v) is 13.9. The van der Waals surface area contributed by atoms with Crippen molar-refractivity contribution in [3.8, 4) is 11.5 Å². The van der Waals surface area contributed by atoms with E-state index in [0.717, 1.165) is 24.1 Å². The fraction of sp³-hybridized carbons (Fsp3) is 0.188. The maximum absolute atomic E-state index is 11.6. The number of non-ortho nitro benzene ring substituents is 1. The van der Waals surface area contributed by atoms with Gasteiger partial charge in [-0.2, -0.15) is 0 Å². The Morgan fingerprint density at radius 1 is 1.12 bits per heavy atom. The average molecular weight is 367 g/mol. The van der Waals surface area contributed by atoms with Gasteiger partial charge in [-0.1, -0.05) is 23.2 Å². The summed E-state index contributed by atoms with van der Waals surface area (Å²) in [6.07, 6.45) is 1.97. The molecule has 0 saturated carbocycles. The van der Waals surface area contributed by atoms with E-state index in [4.69, 9.17) is 27.9 Å². The van der Waals surface area contributed by atoms with Crippen molar-refractivity contribution in [1.29, 1.82) is 0 Å². The minimum absolute atomic E-state index is 0.0103. The fourth-order valence-electron chi connectivity index (χ4n) is 2.48. The number of hydrogen-bond donors (Lipinski definition) is 1. The van der Waals surface area contributed by atoms with Gasteiger partial charge < -0.3 is 10.1 Å². The van der Waals surface area contributed by atoms with Crippen LogP contribution in [0.1, 0.15) is 18.4 Å². The summed E-state index contributed by atoms with van der Waals surface area (Å²) in [6, 6.07) is 7.60. The van der Waals surface area contributed by atoms with Crippen LogP contribution in [0.2, 0.25) is 10.0 Å². The molecule has 1 aliphatic heterocycles. The summed E-state index contributed by atoms with van der Waals surface area (Å²) in [5.41, 5.74) is 1.50. The first-order valence-electron chi connectivity index (χ1n) is 7.18. The molecule has 0 aliphatic carbocycles. The highest BCUT2D eigenvalue weighted by Gasteiger charge is 2.18. The Kier molecular flexibility index (Phi) is 4.59. The summed E-state index contributed by atoms with van der Waals surface area (Å²) >= 11 is 12.1. The Labute approximate surface area is 147 Å². The molecule has 0 aromatic heterocycles. The second kappa shape index (κ2) is 6.67. The van der Waals surface area contributed by atoms with Gasteiger partial charge in [0.05, 0.1) is 15.0 Å². The molecule has 0 atom stereocenters. The van der Waals surface area contributed by atoms with Gasteiger partial charge in [-0.15, -0.1) is 0 Å². The van der Waals surface area contributed by atoms with Crippen molar-refractivity contribution < 1.29 is 14.5 Å². The molecule has 1 amide bonds. The number of carbonyl (C=O) groups is 1. The van der Waals surface area contributed by atoms with Crippen LogP contribution in [0.5, 0.6) is 11.5 Å². The molecule has 0 radical (unpaired) electrons. The number of anilines is 1. The van der Waals surface area contributed by atoms with Crippen LogP contribution in [0.3, 0.4) is 0 Å². The number of hydrogen-bond acceptors (Lipinski definition) is 4. The number of nitro groups is 1. The molecule has 0 spiro atoms. The van der Waals surface area contributed by atoms with Crippen molar-refractivity contribution in [2.45, 2.75) is 19.3 Å². The predicted octanol–water partition coefficient (Wildman–Crippen LogP) is 4.97. The molecule has 0 saturated heterocycles. The molecule has 1 aliphatic rings. The first-order chi connectivity index (χ1) is 11.4. The summed E-state index contributed by atoms with van der Waals surface area (Å²) in [7, 11) is 0. The van der Waals surface area contributed by atoms with Gasteiger partial charge in [-0.05, 0) is 36.6 Å². The maximum Gasteiger partial charge on any atom is 0.272 e. The molecule has 0 fully saturated rings. The number of amides is 1. The van der Waals surface area contributed by atoms with E-state index < -0.39 is 4.92 Å². The van der Waals surface area contributed by atoms with Gasteiger partial charge in [0.2, 0.25) is 5.91 Å². The molecule has 1 heterocycles. The molecule has 1 N–H and O–H groups in total. The lowest BCUT2D eigenvalue weighted by atomic mass is 10.1. The van der Waals surface area contributed by atoms with Gasteiger partial charge in [0.25, 0.3) is 5.69 Å². The highest BCUT2D eigenvalue weighted by Crippen LogP contribution is 2.40. The Bertz CT molecular complexity index is 816. The largest absolute Gasteiger partial charge is 0.454 e. The monoisotopic (exact) mass is 366 g/mol. The highest BCUT2D eigenvalue weighted by atomic mass is 35.5. The zero-order chi connectivity index (χ0) is 17.3. The number of ether oxygens (including phenoxy) is 1. The Morgan fingerprint density at radius 3 is 2.50 bits per heavy atom. The molecule has 124 valence electrons. The van der Waals surface area contributed by atoms with E-state index in [0.29, 0.717) is 12.2 Å². The van der Waals surface area contributed by atoms with Gasteiger partial charge in [0.1, 0.15) is 5.75 Å². The van der Waals surface area contributed by atoms with E-state index in [1.54, 1.807) is 18.2 Å². The second-order valence-corrected chi connectivity index (χ2v) is 6.13. The average Bonchev–Trinajstić information content (AvgIpc) is 2.70. The highest BCUT2D eigenvalue weighted by molar-refractivity contribution is 6.37. The number of benzene rings is 2. The lowest BCUT2D eigenvalue weighted by Crippen LogP contribution is -2.09. The first-order valence-corrected chi connectivity index (χ1v) is 7.93. The third-order valence-electron chi connectivity index (χ3n) is 3.61. The summed E-state index contributed by atoms with van der Waals surface area (Å²) < 4.78 is 5.71. The lowest BCUT2D eigenvalue weighted by molar-refractivity contribution is -0.384. The molecular weight excluding hydrogens is 355 g/mol. The zero-order valence-electron chi connectivity index (χ0n) is 12.3. The normalized spacial score (nSPS) is 13.7. The summed E-state index contributed by atoms with van der Waals surface area (Å²) in [5.74, 6) is 0.632. The van der Waals surface area contributed by atoms with Crippen LogP contribution in [-0.4, -0.2) is 10.8 Å².